The second-order valence-corrected chi connectivity index (χ2v) is 9.42. The first-order chi connectivity index (χ1) is 19.7. The first-order valence-electron chi connectivity index (χ1n) is 12.3. The third kappa shape index (κ3) is 6.22. The Morgan fingerprint density at radius 2 is 1.26 bits per heavy atom. The number of alkyl halides is 9. The molecule has 0 bridgehead atoms. The molecule has 42 heavy (non-hydrogen) atoms. The summed E-state index contributed by atoms with van der Waals surface area (Å²) in [4.78, 5) is 0. The van der Waals surface area contributed by atoms with E-state index in [0.29, 0.717) is 23.4 Å². The second kappa shape index (κ2) is 10.7. The molecule has 1 heterocycles. The Morgan fingerprint density at radius 1 is 0.619 bits per heavy atom. The standard InChI is InChI=1S/C30H19F9N2O/c31-28(32,33)21-12-19(13-22(15-21)29(34,35)36)17-42-23-9-4-8-20(14-23)27-24-10-5-11-25(30(37,38)39)26(24)40-41(27)16-18-6-2-1-3-7-18/h1-15H,16-17H2. The lowest BCUT2D eigenvalue weighted by Crippen LogP contribution is -2.12. The summed E-state index contributed by atoms with van der Waals surface area (Å²) in [6.07, 6.45) is -14.7. The van der Waals surface area contributed by atoms with Gasteiger partial charge in [0.1, 0.15) is 17.9 Å². The van der Waals surface area contributed by atoms with Crippen LogP contribution in [-0.4, -0.2) is 9.78 Å². The molecular weight excluding hydrogens is 575 g/mol. The molecular formula is C30H19F9N2O. The Bertz CT molecular complexity index is 1690. The van der Waals surface area contributed by atoms with Gasteiger partial charge in [-0.05, 0) is 47.5 Å². The van der Waals surface area contributed by atoms with Gasteiger partial charge >= 0.3 is 18.5 Å². The van der Waals surface area contributed by atoms with E-state index < -0.39 is 41.8 Å². The predicted octanol–water partition coefficient (Wildman–Crippen LogP) is 9.39. The maximum Gasteiger partial charge on any atom is 0.418 e. The molecule has 3 nitrogen and oxygen atoms in total. The molecule has 0 radical (unpaired) electrons. The van der Waals surface area contributed by atoms with Crippen molar-refractivity contribution in [2.45, 2.75) is 31.7 Å². The average Bonchev–Trinajstić information content (AvgIpc) is 3.28. The van der Waals surface area contributed by atoms with Gasteiger partial charge in [-0.15, -0.1) is 0 Å². The fourth-order valence-electron chi connectivity index (χ4n) is 4.56. The van der Waals surface area contributed by atoms with Gasteiger partial charge in [0.2, 0.25) is 0 Å². The van der Waals surface area contributed by atoms with Crippen LogP contribution >= 0.6 is 0 Å². The maximum atomic E-state index is 13.8. The van der Waals surface area contributed by atoms with Crippen molar-refractivity contribution in [1.82, 2.24) is 9.78 Å². The van der Waals surface area contributed by atoms with Crippen molar-refractivity contribution in [1.29, 1.82) is 0 Å². The van der Waals surface area contributed by atoms with Crippen molar-refractivity contribution in [3.63, 3.8) is 0 Å². The van der Waals surface area contributed by atoms with Crippen LogP contribution in [0.25, 0.3) is 22.2 Å². The van der Waals surface area contributed by atoms with E-state index in [4.69, 9.17) is 4.74 Å². The number of benzene rings is 4. The van der Waals surface area contributed by atoms with Gasteiger partial charge in [0.15, 0.2) is 0 Å². The molecule has 5 aromatic rings. The monoisotopic (exact) mass is 594 g/mol. The quantitative estimate of drug-likeness (QED) is 0.183. The molecule has 0 spiro atoms. The summed E-state index contributed by atoms with van der Waals surface area (Å²) in [5.41, 5.74) is -3.04. The van der Waals surface area contributed by atoms with E-state index in [1.54, 1.807) is 36.4 Å². The number of hydrogen-bond acceptors (Lipinski definition) is 2. The molecule has 0 atom stereocenters. The molecule has 0 aliphatic rings. The van der Waals surface area contributed by atoms with Crippen molar-refractivity contribution < 1.29 is 44.3 Å². The smallest absolute Gasteiger partial charge is 0.418 e. The van der Waals surface area contributed by atoms with Gasteiger partial charge in [-0.2, -0.15) is 44.6 Å². The summed E-state index contributed by atoms with van der Waals surface area (Å²) in [6, 6.07) is 19.7. The normalized spacial score (nSPS) is 12.6. The molecule has 1 aromatic heterocycles. The molecule has 0 aliphatic carbocycles. The van der Waals surface area contributed by atoms with Gasteiger partial charge in [-0.3, -0.25) is 4.68 Å². The summed E-state index contributed by atoms with van der Waals surface area (Å²) < 4.78 is 128. The average molecular weight is 594 g/mol. The fraction of sp³-hybridized carbons (Fsp3) is 0.167. The second-order valence-electron chi connectivity index (χ2n) is 9.42. The first kappa shape index (κ1) is 29.0. The summed E-state index contributed by atoms with van der Waals surface area (Å²) in [7, 11) is 0. The summed E-state index contributed by atoms with van der Waals surface area (Å²) in [5, 5.41) is 4.48. The van der Waals surface area contributed by atoms with E-state index in [2.05, 4.69) is 5.10 Å². The number of fused-ring (bicyclic) bond motifs is 1. The maximum absolute atomic E-state index is 13.8. The Labute approximate surface area is 232 Å². The van der Waals surface area contributed by atoms with Crippen LogP contribution < -0.4 is 4.74 Å². The molecule has 0 aliphatic heterocycles. The minimum Gasteiger partial charge on any atom is -0.489 e. The highest BCUT2D eigenvalue weighted by Crippen LogP contribution is 2.39. The first-order valence-corrected chi connectivity index (χ1v) is 12.3. The third-order valence-corrected chi connectivity index (χ3v) is 6.41. The van der Waals surface area contributed by atoms with E-state index in [0.717, 1.165) is 11.6 Å². The molecule has 4 aromatic carbocycles. The van der Waals surface area contributed by atoms with E-state index in [1.165, 1.54) is 35.0 Å². The van der Waals surface area contributed by atoms with Gasteiger partial charge in [0.25, 0.3) is 0 Å². The molecule has 5 rings (SSSR count). The predicted molar refractivity (Wildman–Crippen MR) is 136 cm³/mol. The van der Waals surface area contributed by atoms with Crippen LogP contribution in [0.3, 0.4) is 0 Å². The number of hydrogen-bond donors (Lipinski definition) is 0. The number of nitrogens with zero attached hydrogens (tertiary/aromatic N) is 2. The zero-order valence-corrected chi connectivity index (χ0v) is 21.3. The topological polar surface area (TPSA) is 27.1 Å². The fourth-order valence-corrected chi connectivity index (χ4v) is 4.56. The Morgan fingerprint density at radius 3 is 1.88 bits per heavy atom. The van der Waals surface area contributed by atoms with Crippen LogP contribution in [0.4, 0.5) is 39.5 Å². The van der Waals surface area contributed by atoms with Crippen molar-refractivity contribution in [2.24, 2.45) is 0 Å². The minimum atomic E-state index is -5.01. The van der Waals surface area contributed by atoms with Crippen LogP contribution in [0.15, 0.2) is 91.0 Å². The molecule has 0 saturated heterocycles. The van der Waals surface area contributed by atoms with Crippen LogP contribution in [0.5, 0.6) is 5.75 Å². The van der Waals surface area contributed by atoms with Gasteiger partial charge < -0.3 is 4.74 Å². The zero-order chi connectivity index (χ0) is 30.3. The van der Waals surface area contributed by atoms with Crippen molar-refractivity contribution >= 4 is 10.9 Å². The minimum absolute atomic E-state index is 0.0261. The highest BCUT2D eigenvalue weighted by Gasteiger charge is 2.37. The zero-order valence-electron chi connectivity index (χ0n) is 21.3. The molecule has 0 unspecified atom stereocenters. The van der Waals surface area contributed by atoms with E-state index >= 15 is 0 Å². The number of aromatic nitrogens is 2. The van der Waals surface area contributed by atoms with Crippen LogP contribution in [-0.2, 0) is 31.7 Å². The van der Waals surface area contributed by atoms with Crippen LogP contribution in [0.1, 0.15) is 27.8 Å². The van der Waals surface area contributed by atoms with E-state index in [-0.39, 0.29) is 34.8 Å². The molecule has 0 saturated carbocycles. The molecule has 218 valence electrons. The Kier molecular flexibility index (Phi) is 7.42. The highest BCUT2D eigenvalue weighted by molar-refractivity contribution is 5.95. The molecule has 12 heteroatoms. The summed E-state index contributed by atoms with van der Waals surface area (Å²) in [6.45, 7) is -0.504. The van der Waals surface area contributed by atoms with Gasteiger partial charge in [-0.1, -0.05) is 54.6 Å². The third-order valence-electron chi connectivity index (χ3n) is 6.41. The Balaban J connectivity index is 1.54. The largest absolute Gasteiger partial charge is 0.489 e. The lowest BCUT2D eigenvalue weighted by molar-refractivity contribution is -0.143. The highest BCUT2D eigenvalue weighted by atomic mass is 19.4. The van der Waals surface area contributed by atoms with E-state index in [9.17, 15) is 39.5 Å². The SMILES string of the molecule is FC(F)(F)c1cc(COc2cccc(-c3c4cccc(C(F)(F)F)c4nn3Cc3ccccc3)c2)cc(C(F)(F)F)c1. The summed E-state index contributed by atoms with van der Waals surface area (Å²) in [5.74, 6) is 0.0751. The number of halogens is 9. The van der Waals surface area contributed by atoms with Crippen LogP contribution in [0, 0.1) is 0 Å². The number of rotatable bonds is 6. The Hall–Kier alpha value is -4.48. The van der Waals surface area contributed by atoms with Gasteiger partial charge in [0, 0.05) is 10.9 Å². The van der Waals surface area contributed by atoms with Crippen LogP contribution in [0.2, 0.25) is 0 Å². The van der Waals surface area contributed by atoms with Crippen molar-refractivity contribution in [2.75, 3.05) is 0 Å². The number of ether oxygens (including phenoxy) is 1. The molecule has 0 N–H and O–H groups in total. The van der Waals surface area contributed by atoms with Crippen molar-refractivity contribution in [3.05, 3.63) is 119 Å². The molecule has 0 fully saturated rings. The van der Waals surface area contributed by atoms with Gasteiger partial charge in [0.05, 0.1) is 28.9 Å². The van der Waals surface area contributed by atoms with E-state index in [1.807, 2.05) is 0 Å². The van der Waals surface area contributed by atoms with Gasteiger partial charge in [-0.25, -0.2) is 0 Å². The van der Waals surface area contributed by atoms with Crippen molar-refractivity contribution in [3.8, 4) is 17.0 Å². The summed E-state index contributed by atoms with van der Waals surface area (Å²) >= 11 is 0. The molecule has 0 amide bonds. The lowest BCUT2D eigenvalue weighted by atomic mass is 10.0. The lowest BCUT2D eigenvalue weighted by Gasteiger charge is -2.15.